The van der Waals surface area contributed by atoms with Crippen molar-refractivity contribution in [3.63, 3.8) is 0 Å². The van der Waals surface area contributed by atoms with Gasteiger partial charge in [0.25, 0.3) is 0 Å². The zero-order valence-electron chi connectivity index (χ0n) is 8.99. The Morgan fingerprint density at radius 3 is 3.07 bits per heavy atom. The number of hydrogen-bond acceptors (Lipinski definition) is 3. The summed E-state index contributed by atoms with van der Waals surface area (Å²) in [5.41, 5.74) is 10.1. The van der Waals surface area contributed by atoms with Crippen LogP contribution in [0.25, 0.3) is 5.57 Å². The molecular weight excluding hydrogens is 188 g/mol. The molecule has 80 valence electrons. The number of hydrogen-bond donors (Lipinski definition) is 1. The fourth-order valence-corrected chi connectivity index (χ4v) is 1.83. The number of aromatic nitrogens is 1. The van der Waals surface area contributed by atoms with E-state index in [1.807, 2.05) is 6.07 Å². The lowest BCUT2D eigenvalue weighted by atomic mass is 10.0. The SMILES string of the molecule is CCc1cc(N)cnc1C1=CCOCC1. The maximum Gasteiger partial charge on any atom is 0.0693 e. The van der Waals surface area contributed by atoms with Crippen molar-refractivity contribution in [3.05, 3.63) is 29.6 Å². The van der Waals surface area contributed by atoms with Gasteiger partial charge >= 0.3 is 0 Å². The number of nitrogens with two attached hydrogens (primary N) is 1. The monoisotopic (exact) mass is 204 g/mol. The van der Waals surface area contributed by atoms with Crippen LogP contribution >= 0.6 is 0 Å². The third-order valence-electron chi connectivity index (χ3n) is 2.64. The van der Waals surface area contributed by atoms with Crippen molar-refractivity contribution >= 4 is 11.3 Å². The van der Waals surface area contributed by atoms with Crippen LogP contribution in [0.2, 0.25) is 0 Å². The van der Waals surface area contributed by atoms with E-state index in [2.05, 4.69) is 18.0 Å². The summed E-state index contributed by atoms with van der Waals surface area (Å²) in [6.45, 7) is 3.62. The largest absolute Gasteiger partial charge is 0.397 e. The molecule has 3 nitrogen and oxygen atoms in total. The first-order chi connectivity index (χ1) is 7.31. The van der Waals surface area contributed by atoms with Crippen LogP contribution in [-0.2, 0) is 11.2 Å². The molecule has 0 atom stereocenters. The lowest BCUT2D eigenvalue weighted by molar-refractivity contribution is 0.161. The van der Waals surface area contributed by atoms with Gasteiger partial charge < -0.3 is 10.5 Å². The highest BCUT2D eigenvalue weighted by atomic mass is 16.5. The summed E-state index contributed by atoms with van der Waals surface area (Å²) in [6, 6.07) is 2.01. The molecule has 3 heteroatoms. The number of nitrogen functional groups attached to an aromatic ring is 1. The number of ether oxygens (including phenoxy) is 1. The molecule has 1 aliphatic heterocycles. The highest BCUT2D eigenvalue weighted by Crippen LogP contribution is 2.24. The average molecular weight is 204 g/mol. The number of rotatable bonds is 2. The summed E-state index contributed by atoms with van der Waals surface area (Å²) in [5.74, 6) is 0. The molecule has 2 N–H and O–H groups in total. The number of aryl methyl sites for hydroxylation is 1. The molecule has 2 heterocycles. The molecule has 0 aromatic carbocycles. The fraction of sp³-hybridized carbons (Fsp3) is 0.417. The van der Waals surface area contributed by atoms with E-state index in [4.69, 9.17) is 10.5 Å². The Morgan fingerprint density at radius 1 is 1.53 bits per heavy atom. The minimum Gasteiger partial charge on any atom is -0.397 e. The first kappa shape index (κ1) is 10.2. The van der Waals surface area contributed by atoms with E-state index in [1.165, 1.54) is 11.1 Å². The van der Waals surface area contributed by atoms with E-state index in [0.29, 0.717) is 6.61 Å². The lowest BCUT2D eigenvalue weighted by Gasteiger charge is -2.15. The minimum atomic E-state index is 0.699. The van der Waals surface area contributed by atoms with E-state index in [1.54, 1.807) is 6.20 Å². The van der Waals surface area contributed by atoms with Crippen LogP contribution in [0.5, 0.6) is 0 Å². The van der Waals surface area contributed by atoms with Gasteiger partial charge in [0.2, 0.25) is 0 Å². The molecule has 0 radical (unpaired) electrons. The van der Waals surface area contributed by atoms with Crippen molar-refractivity contribution in [2.75, 3.05) is 18.9 Å². The Morgan fingerprint density at radius 2 is 2.40 bits per heavy atom. The number of pyridine rings is 1. The summed E-state index contributed by atoms with van der Waals surface area (Å²) in [4.78, 5) is 4.42. The molecule has 1 aliphatic rings. The molecule has 0 unspecified atom stereocenters. The zero-order chi connectivity index (χ0) is 10.7. The van der Waals surface area contributed by atoms with Crippen LogP contribution in [0.3, 0.4) is 0 Å². The molecule has 0 fully saturated rings. The molecule has 0 amide bonds. The van der Waals surface area contributed by atoms with Crippen molar-refractivity contribution < 1.29 is 4.74 Å². The van der Waals surface area contributed by atoms with Crippen LogP contribution in [0.1, 0.15) is 24.6 Å². The average Bonchev–Trinajstić information content (AvgIpc) is 2.30. The Kier molecular flexibility index (Phi) is 3.02. The zero-order valence-corrected chi connectivity index (χ0v) is 8.99. The Bertz CT molecular complexity index is 385. The van der Waals surface area contributed by atoms with Crippen LogP contribution in [0, 0.1) is 0 Å². The second-order valence-corrected chi connectivity index (χ2v) is 3.68. The molecule has 0 spiro atoms. The topological polar surface area (TPSA) is 48.1 Å². The number of anilines is 1. The van der Waals surface area contributed by atoms with Gasteiger partial charge in [-0.2, -0.15) is 0 Å². The normalized spacial score (nSPS) is 16.2. The van der Waals surface area contributed by atoms with Gasteiger partial charge in [-0.3, -0.25) is 4.98 Å². The summed E-state index contributed by atoms with van der Waals surface area (Å²) in [5, 5.41) is 0. The third-order valence-corrected chi connectivity index (χ3v) is 2.64. The highest BCUT2D eigenvalue weighted by molar-refractivity contribution is 5.67. The predicted octanol–water partition coefficient (Wildman–Crippen LogP) is 2.03. The first-order valence-electron chi connectivity index (χ1n) is 5.32. The van der Waals surface area contributed by atoms with Crippen molar-refractivity contribution in [2.24, 2.45) is 0 Å². The molecule has 1 aromatic heterocycles. The second kappa shape index (κ2) is 4.45. The van der Waals surface area contributed by atoms with E-state index in [0.717, 1.165) is 30.8 Å². The van der Waals surface area contributed by atoms with Crippen molar-refractivity contribution in [2.45, 2.75) is 19.8 Å². The summed E-state index contributed by atoms with van der Waals surface area (Å²) in [6.07, 6.45) is 5.75. The molecule has 0 aliphatic carbocycles. The van der Waals surface area contributed by atoms with Crippen LogP contribution < -0.4 is 5.73 Å². The van der Waals surface area contributed by atoms with Gasteiger partial charge in [-0.15, -0.1) is 0 Å². The third kappa shape index (κ3) is 2.18. The van der Waals surface area contributed by atoms with E-state index in [9.17, 15) is 0 Å². The standard InChI is InChI=1S/C12H16N2O/c1-2-9-7-11(13)8-14-12(9)10-3-5-15-6-4-10/h3,7-8H,2,4-6,13H2,1H3. The Labute approximate surface area is 90.0 Å². The smallest absolute Gasteiger partial charge is 0.0693 e. The van der Waals surface area contributed by atoms with Crippen LogP contribution in [-0.4, -0.2) is 18.2 Å². The second-order valence-electron chi connectivity index (χ2n) is 3.68. The van der Waals surface area contributed by atoms with Gasteiger partial charge in [0.15, 0.2) is 0 Å². The molecule has 0 saturated heterocycles. The first-order valence-corrected chi connectivity index (χ1v) is 5.32. The van der Waals surface area contributed by atoms with Crippen molar-refractivity contribution in [3.8, 4) is 0 Å². The number of nitrogens with zero attached hydrogens (tertiary/aromatic N) is 1. The molecule has 0 saturated carbocycles. The van der Waals surface area contributed by atoms with Crippen LogP contribution in [0.4, 0.5) is 5.69 Å². The quantitative estimate of drug-likeness (QED) is 0.801. The lowest BCUT2D eigenvalue weighted by Crippen LogP contribution is -2.07. The summed E-state index contributed by atoms with van der Waals surface area (Å²) < 4.78 is 5.29. The highest BCUT2D eigenvalue weighted by Gasteiger charge is 2.11. The molecule has 2 rings (SSSR count). The molecular formula is C12H16N2O. The summed E-state index contributed by atoms with van der Waals surface area (Å²) in [7, 11) is 0. The van der Waals surface area contributed by atoms with Crippen molar-refractivity contribution in [1.29, 1.82) is 0 Å². The van der Waals surface area contributed by atoms with E-state index in [-0.39, 0.29) is 0 Å². The maximum absolute atomic E-state index is 5.73. The van der Waals surface area contributed by atoms with Gasteiger partial charge in [-0.25, -0.2) is 0 Å². The van der Waals surface area contributed by atoms with Gasteiger partial charge in [0, 0.05) is 0 Å². The van der Waals surface area contributed by atoms with Gasteiger partial charge in [-0.05, 0) is 30.0 Å². The maximum atomic E-state index is 5.73. The Hall–Kier alpha value is -1.35. The van der Waals surface area contributed by atoms with E-state index < -0.39 is 0 Å². The van der Waals surface area contributed by atoms with Gasteiger partial charge in [-0.1, -0.05) is 13.0 Å². The minimum absolute atomic E-state index is 0.699. The van der Waals surface area contributed by atoms with Crippen LogP contribution in [0.15, 0.2) is 18.3 Å². The predicted molar refractivity (Wildman–Crippen MR) is 61.4 cm³/mol. The molecule has 15 heavy (non-hydrogen) atoms. The Balaban J connectivity index is 2.38. The van der Waals surface area contributed by atoms with Gasteiger partial charge in [0.1, 0.15) is 0 Å². The molecule has 1 aromatic rings. The molecule has 0 bridgehead atoms. The summed E-state index contributed by atoms with van der Waals surface area (Å²) >= 11 is 0. The van der Waals surface area contributed by atoms with E-state index >= 15 is 0 Å². The van der Waals surface area contributed by atoms with Gasteiger partial charge in [0.05, 0.1) is 30.8 Å². The fourth-order valence-electron chi connectivity index (χ4n) is 1.83. The van der Waals surface area contributed by atoms with Crippen molar-refractivity contribution in [1.82, 2.24) is 4.98 Å².